The third-order valence-electron chi connectivity index (χ3n) is 6.63. The lowest BCUT2D eigenvalue weighted by atomic mass is 10.0. The molecule has 0 aromatic rings. The van der Waals surface area contributed by atoms with Gasteiger partial charge in [-0.15, -0.1) is 11.8 Å². The van der Waals surface area contributed by atoms with Crippen LogP contribution in [0.1, 0.15) is 148 Å². The second kappa shape index (κ2) is 29.5. The van der Waals surface area contributed by atoms with Crippen LogP contribution in [0.5, 0.6) is 0 Å². The minimum atomic E-state index is -1.13. The number of nitrogens with zero attached hydrogens (tertiary/aromatic N) is 1. The highest BCUT2D eigenvalue weighted by atomic mass is 16.7. The van der Waals surface area contributed by atoms with Gasteiger partial charge < -0.3 is 14.7 Å². The fraction of sp³-hybridized carbons (Fsp3) is 0.794. The van der Waals surface area contributed by atoms with Crippen LogP contribution in [0.25, 0.3) is 0 Å². The smallest absolute Gasteiger partial charge is 0.450 e. The monoisotopic (exact) mass is 527 g/mol. The van der Waals surface area contributed by atoms with Gasteiger partial charge in [0.05, 0.1) is 12.8 Å². The van der Waals surface area contributed by atoms with E-state index in [0.717, 1.165) is 51.4 Å². The van der Waals surface area contributed by atoms with Crippen LogP contribution in [0.3, 0.4) is 0 Å². The Kier molecular flexibility index (Phi) is 27.8. The number of hydrogen-bond donors (Lipinski definition) is 1. The highest BCUT2D eigenvalue weighted by molar-refractivity contribution is 5.57. The summed E-state index contributed by atoms with van der Waals surface area (Å²) in [6, 6.07) is 0. The molecule has 216 valence electrons. The first kappa shape index (κ1) is 35.9. The highest BCUT2D eigenvalue weighted by Gasteiger charge is 2.13. The van der Waals surface area contributed by atoms with Gasteiger partial charge >= 0.3 is 6.16 Å². The molecule has 0 rings (SSSR count). The zero-order valence-corrected chi connectivity index (χ0v) is 25.1. The van der Waals surface area contributed by atoms with E-state index in [4.69, 9.17) is 9.84 Å². The molecule has 0 aromatic heterocycles. The Morgan fingerprint density at radius 2 is 1.05 bits per heavy atom. The van der Waals surface area contributed by atoms with Crippen molar-refractivity contribution in [3.8, 4) is 35.5 Å². The van der Waals surface area contributed by atoms with E-state index >= 15 is 0 Å². The second-order valence-corrected chi connectivity index (χ2v) is 10.6. The van der Waals surface area contributed by atoms with E-state index < -0.39 is 6.16 Å². The number of ether oxygens (including phenoxy) is 1. The molecule has 0 heterocycles. The first-order valence-corrected chi connectivity index (χ1v) is 15.5. The number of carboxylic acid groups (broad SMARTS) is 1. The van der Waals surface area contributed by atoms with E-state index in [1.807, 2.05) is 6.92 Å². The van der Waals surface area contributed by atoms with Gasteiger partial charge in [0, 0.05) is 12.8 Å². The van der Waals surface area contributed by atoms with Gasteiger partial charge in [0.2, 0.25) is 0 Å². The average molecular weight is 528 g/mol. The molecule has 4 heteroatoms. The summed E-state index contributed by atoms with van der Waals surface area (Å²) in [5, 5.41) is 9.07. The Morgan fingerprint density at radius 1 is 0.632 bits per heavy atom. The maximum atomic E-state index is 11.1. The van der Waals surface area contributed by atoms with E-state index in [9.17, 15) is 4.79 Å². The standard InChI is InChI=1S/C34H57NO3/c1-4-5-6-7-8-9-10-11-12-13-15-18-21-24-27-30-33(38-34(36)37)31-28-25-22-19-16-14-17-20-23-26-29-32-35(2)3/h33H,4,7,10,13-32H2,1-3H3,(H,36,37). The van der Waals surface area contributed by atoms with Crippen molar-refractivity contribution in [3.05, 3.63) is 0 Å². The minimum Gasteiger partial charge on any atom is -0.450 e. The summed E-state index contributed by atoms with van der Waals surface area (Å²) in [5.41, 5.74) is 0. The van der Waals surface area contributed by atoms with Crippen molar-refractivity contribution in [2.45, 2.75) is 154 Å². The van der Waals surface area contributed by atoms with Gasteiger partial charge in [-0.25, -0.2) is 4.79 Å². The van der Waals surface area contributed by atoms with E-state index in [0.29, 0.717) is 12.8 Å². The molecule has 0 saturated heterocycles. The zero-order chi connectivity index (χ0) is 27.9. The predicted octanol–water partition coefficient (Wildman–Crippen LogP) is 9.22. The fourth-order valence-electron chi connectivity index (χ4n) is 4.46. The van der Waals surface area contributed by atoms with Gasteiger partial charge in [-0.1, -0.05) is 108 Å². The quantitative estimate of drug-likeness (QED) is 0.0866. The van der Waals surface area contributed by atoms with Gasteiger partial charge in [0.15, 0.2) is 0 Å². The molecule has 1 atom stereocenters. The van der Waals surface area contributed by atoms with Crippen LogP contribution in [-0.2, 0) is 4.74 Å². The molecule has 0 fully saturated rings. The molecule has 0 amide bonds. The Morgan fingerprint density at radius 3 is 1.53 bits per heavy atom. The molecule has 0 saturated carbocycles. The van der Waals surface area contributed by atoms with Crippen LogP contribution in [-0.4, -0.2) is 42.9 Å². The van der Waals surface area contributed by atoms with Gasteiger partial charge in [-0.2, -0.15) is 0 Å². The van der Waals surface area contributed by atoms with Crippen molar-refractivity contribution < 1.29 is 14.6 Å². The normalized spacial score (nSPS) is 11.1. The molecule has 38 heavy (non-hydrogen) atoms. The summed E-state index contributed by atoms with van der Waals surface area (Å²) in [6.45, 7) is 3.25. The number of unbranched alkanes of at least 4 members (excludes halogenated alkanes) is 15. The lowest BCUT2D eigenvalue weighted by Gasteiger charge is -2.15. The van der Waals surface area contributed by atoms with Crippen LogP contribution < -0.4 is 0 Å². The maximum absolute atomic E-state index is 11.1. The van der Waals surface area contributed by atoms with Crippen LogP contribution in [0.4, 0.5) is 4.79 Å². The summed E-state index contributed by atoms with van der Waals surface area (Å²) in [4.78, 5) is 13.3. The summed E-state index contributed by atoms with van der Waals surface area (Å²) in [5.74, 6) is 18.4. The molecule has 0 aromatic carbocycles. The van der Waals surface area contributed by atoms with Crippen molar-refractivity contribution >= 4 is 6.16 Å². The minimum absolute atomic E-state index is 0.139. The predicted molar refractivity (Wildman–Crippen MR) is 162 cm³/mol. The van der Waals surface area contributed by atoms with Crippen molar-refractivity contribution in [3.63, 3.8) is 0 Å². The lowest BCUT2D eigenvalue weighted by Crippen LogP contribution is -2.16. The van der Waals surface area contributed by atoms with E-state index in [1.54, 1.807) is 0 Å². The molecule has 1 unspecified atom stereocenters. The van der Waals surface area contributed by atoms with Crippen molar-refractivity contribution in [2.75, 3.05) is 20.6 Å². The molecule has 1 N–H and O–H groups in total. The highest BCUT2D eigenvalue weighted by Crippen LogP contribution is 2.17. The molecule has 0 aliphatic rings. The molecule has 0 bridgehead atoms. The van der Waals surface area contributed by atoms with Crippen LogP contribution in [0, 0.1) is 35.5 Å². The Hall–Kier alpha value is -2.09. The largest absolute Gasteiger partial charge is 0.506 e. The van der Waals surface area contributed by atoms with Crippen LogP contribution in [0.2, 0.25) is 0 Å². The van der Waals surface area contributed by atoms with Crippen LogP contribution >= 0.6 is 0 Å². The van der Waals surface area contributed by atoms with Gasteiger partial charge in [-0.3, -0.25) is 0 Å². The summed E-state index contributed by atoms with van der Waals surface area (Å²) < 4.78 is 5.16. The molecular weight excluding hydrogens is 470 g/mol. The molecule has 0 aliphatic heterocycles. The third kappa shape index (κ3) is 30.1. The molecule has 0 spiro atoms. The number of rotatable bonds is 22. The molecule has 4 nitrogen and oxygen atoms in total. The van der Waals surface area contributed by atoms with Crippen molar-refractivity contribution in [1.82, 2.24) is 4.90 Å². The maximum Gasteiger partial charge on any atom is 0.506 e. The average Bonchev–Trinajstić information content (AvgIpc) is 2.88. The van der Waals surface area contributed by atoms with Gasteiger partial charge in [0.25, 0.3) is 0 Å². The molecule has 0 radical (unpaired) electrons. The molecular formula is C34H57NO3. The first-order chi connectivity index (χ1) is 18.6. The third-order valence-corrected chi connectivity index (χ3v) is 6.63. The van der Waals surface area contributed by atoms with Crippen LogP contribution in [0.15, 0.2) is 0 Å². The van der Waals surface area contributed by atoms with E-state index in [-0.39, 0.29) is 6.10 Å². The van der Waals surface area contributed by atoms with E-state index in [1.165, 1.54) is 83.6 Å². The topological polar surface area (TPSA) is 49.8 Å². The Bertz CT molecular complexity index is 726. The van der Waals surface area contributed by atoms with E-state index in [2.05, 4.69) is 54.5 Å². The lowest BCUT2D eigenvalue weighted by molar-refractivity contribution is 0.0422. The Labute approximate surface area is 236 Å². The van der Waals surface area contributed by atoms with Gasteiger partial charge in [-0.05, 0) is 59.2 Å². The Balaban J connectivity index is 3.65. The second-order valence-electron chi connectivity index (χ2n) is 10.6. The van der Waals surface area contributed by atoms with Gasteiger partial charge in [0.1, 0.15) is 6.10 Å². The first-order valence-electron chi connectivity index (χ1n) is 15.5. The van der Waals surface area contributed by atoms with Crippen molar-refractivity contribution in [1.29, 1.82) is 0 Å². The zero-order valence-electron chi connectivity index (χ0n) is 25.1. The molecule has 0 aliphatic carbocycles. The SMILES string of the molecule is CCC#CCC#CCC#CCCCCCCCC(CCCCCCCCCCCCCN(C)C)OC(=O)O. The summed E-state index contributed by atoms with van der Waals surface area (Å²) in [6.07, 6.45) is 23.5. The number of hydrogen-bond acceptors (Lipinski definition) is 3. The fourth-order valence-corrected chi connectivity index (χ4v) is 4.46. The summed E-state index contributed by atoms with van der Waals surface area (Å²) >= 11 is 0. The summed E-state index contributed by atoms with van der Waals surface area (Å²) in [7, 11) is 4.29. The number of carbonyl (C=O) groups is 1. The van der Waals surface area contributed by atoms with Crippen molar-refractivity contribution in [2.24, 2.45) is 0 Å².